The Morgan fingerprint density at radius 3 is 2.07 bits per heavy atom. The molecule has 74 valence electrons. The lowest BCUT2D eigenvalue weighted by Crippen LogP contribution is -2.04. The molecule has 0 amide bonds. The SMILES string of the molecule is N#Cc1cccc(C#N)c1C1OCCO1. The lowest BCUT2D eigenvalue weighted by atomic mass is 10.0. The Morgan fingerprint density at radius 2 is 1.60 bits per heavy atom. The van der Waals surface area contributed by atoms with Gasteiger partial charge in [0.25, 0.3) is 0 Å². The van der Waals surface area contributed by atoms with E-state index in [1.807, 2.05) is 12.1 Å². The van der Waals surface area contributed by atoms with Gasteiger partial charge in [-0.1, -0.05) is 6.07 Å². The van der Waals surface area contributed by atoms with Gasteiger partial charge in [-0.15, -0.1) is 0 Å². The van der Waals surface area contributed by atoms with Crippen LogP contribution in [0.2, 0.25) is 0 Å². The normalized spacial score (nSPS) is 15.9. The van der Waals surface area contributed by atoms with Gasteiger partial charge in [0.15, 0.2) is 6.29 Å². The van der Waals surface area contributed by atoms with Crippen molar-refractivity contribution in [1.82, 2.24) is 0 Å². The summed E-state index contributed by atoms with van der Waals surface area (Å²) in [5, 5.41) is 17.9. The molecule has 1 fully saturated rings. The van der Waals surface area contributed by atoms with E-state index in [0.717, 1.165) is 0 Å². The van der Waals surface area contributed by atoms with Crippen LogP contribution in [0.3, 0.4) is 0 Å². The first-order chi connectivity index (χ1) is 7.36. The Hall–Kier alpha value is -1.88. The number of ether oxygens (including phenoxy) is 2. The van der Waals surface area contributed by atoms with Crippen molar-refractivity contribution in [3.63, 3.8) is 0 Å². The number of nitriles is 2. The fourth-order valence-corrected chi connectivity index (χ4v) is 1.54. The van der Waals surface area contributed by atoms with Crippen molar-refractivity contribution >= 4 is 0 Å². The van der Waals surface area contributed by atoms with Crippen molar-refractivity contribution in [2.24, 2.45) is 0 Å². The summed E-state index contributed by atoms with van der Waals surface area (Å²) in [5.74, 6) is 0. The van der Waals surface area contributed by atoms with Crippen LogP contribution in [0.25, 0.3) is 0 Å². The Bertz CT molecular complexity index is 418. The molecule has 0 spiro atoms. The molecule has 4 nitrogen and oxygen atoms in total. The molecule has 0 N–H and O–H groups in total. The first-order valence-electron chi connectivity index (χ1n) is 4.53. The maximum atomic E-state index is 8.93. The number of nitrogens with zero attached hydrogens (tertiary/aromatic N) is 2. The second kappa shape index (κ2) is 4.10. The first kappa shape index (κ1) is 9.67. The van der Waals surface area contributed by atoms with E-state index in [-0.39, 0.29) is 0 Å². The fraction of sp³-hybridized carbons (Fsp3) is 0.273. The van der Waals surface area contributed by atoms with Crippen molar-refractivity contribution in [2.45, 2.75) is 6.29 Å². The minimum Gasteiger partial charge on any atom is -0.346 e. The average Bonchev–Trinajstić information content (AvgIpc) is 2.81. The molecule has 1 aromatic carbocycles. The average molecular weight is 200 g/mol. The van der Waals surface area contributed by atoms with E-state index in [2.05, 4.69) is 0 Å². The summed E-state index contributed by atoms with van der Waals surface area (Å²) in [4.78, 5) is 0. The van der Waals surface area contributed by atoms with Crippen molar-refractivity contribution in [2.75, 3.05) is 13.2 Å². The Labute approximate surface area is 87.3 Å². The van der Waals surface area contributed by atoms with E-state index in [4.69, 9.17) is 20.0 Å². The zero-order valence-corrected chi connectivity index (χ0v) is 7.93. The van der Waals surface area contributed by atoms with E-state index in [9.17, 15) is 0 Å². The molecule has 1 heterocycles. The molecule has 0 radical (unpaired) electrons. The number of benzene rings is 1. The van der Waals surface area contributed by atoms with Gasteiger partial charge in [0.05, 0.1) is 36.5 Å². The van der Waals surface area contributed by atoms with Gasteiger partial charge >= 0.3 is 0 Å². The zero-order chi connectivity index (χ0) is 10.7. The minimum absolute atomic E-state index is 0.431. The van der Waals surface area contributed by atoms with Crippen LogP contribution in [0.1, 0.15) is 23.0 Å². The van der Waals surface area contributed by atoms with Crippen LogP contribution < -0.4 is 0 Å². The largest absolute Gasteiger partial charge is 0.346 e. The molecule has 1 aromatic rings. The van der Waals surface area contributed by atoms with Gasteiger partial charge in [-0.25, -0.2) is 0 Å². The maximum Gasteiger partial charge on any atom is 0.186 e. The predicted octanol–water partition coefficient (Wildman–Crippen LogP) is 1.48. The van der Waals surface area contributed by atoms with Crippen LogP contribution in [0.4, 0.5) is 0 Å². The second-order valence-corrected chi connectivity index (χ2v) is 3.06. The van der Waals surface area contributed by atoms with Crippen LogP contribution in [-0.4, -0.2) is 13.2 Å². The van der Waals surface area contributed by atoms with Crippen molar-refractivity contribution in [3.05, 3.63) is 34.9 Å². The number of hydrogen-bond acceptors (Lipinski definition) is 4. The summed E-state index contributed by atoms with van der Waals surface area (Å²) in [7, 11) is 0. The van der Waals surface area contributed by atoms with Crippen LogP contribution in [0.5, 0.6) is 0 Å². The lowest BCUT2D eigenvalue weighted by Gasteiger charge is -2.12. The van der Waals surface area contributed by atoms with E-state index >= 15 is 0 Å². The summed E-state index contributed by atoms with van der Waals surface area (Å²) in [6.07, 6.45) is -0.574. The molecule has 1 aliphatic rings. The highest BCUT2D eigenvalue weighted by molar-refractivity contribution is 5.49. The Balaban J connectivity index is 2.51. The molecule has 0 atom stereocenters. The molecule has 1 saturated heterocycles. The van der Waals surface area contributed by atoms with Gasteiger partial charge in [-0.3, -0.25) is 0 Å². The number of hydrogen-bond donors (Lipinski definition) is 0. The van der Waals surface area contributed by atoms with Crippen molar-refractivity contribution < 1.29 is 9.47 Å². The van der Waals surface area contributed by atoms with Crippen LogP contribution in [-0.2, 0) is 9.47 Å². The minimum atomic E-state index is -0.574. The molecule has 2 rings (SSSR count). The van der Waals surface area contributed by atoms with Gasteiger partial charge in [-0.2, -0.15) is 10.5 Å². The molecule has 4 heteroatoms. The molecular formula is C11H8N2O2. The van der Waals surface area contributed by atoms with Gasteiger partial charge in [0.2, 0.25) is 0 Å². The molecule has 0 unspecified atom stereocenters. The van der Waals surface area contributed by atoms with Crippen LogP contribution >= 0.6 is 0 Å². The second-order valence-electron chi connectivity index (χ2n) is 3.06. The smallest absolute Gasteiger partial charge is 0.186 e. The van der Waals surface area contributed by atoms with Crippen molar-refractivity contribution in [1.29, 1.82) is 10.5 Å². The third-order valence-electron chi connectivity index (χ3n) is 2.20. The standard InChI is InChI=1S/C11H8N2O2/c12-6-8-2-1-3-9(7-13)10(8)11-14-4-5-15-11/h1-3,11H,4-5H2. The molecule has 15 heavy (non-hydrogen) atoms. The summed E-state index contributed by atoms with van der Waals surface area (Å²) in [5.41, 5.74) is 1.40. The maximum absolute atomic E-state index is 8.93. The molecule has 1 aliphatic heterocycles. The fourth-order valence-electron chi connectivity index (χ4n) is 1.54. The molecule has 0 saturated carbocycles. The monoisotopic (exact) mass is 200 g/mol. The summed E-state index contributed by atoms with van der Waals surface area (Å²) < 4.78 is 10.6. The third kappa shape index (κ3) is 1.69. The van der Waals surface area contributed by atoms with E-state index in [1.54, 1.807) is 18.2 Å². The van der Waals surface area contributed by atoms with E-state index in [1.165, 1.54) is 0 Å². The lowest BCUT2D eigenvalue weighted by molar-refractivity contribution is -0.0444. The predicted molar refractivity (Wildman–Crippen MR) is 50.5 cm³/mol. The number of rotatable bonds is 1. The molecule has 0 aromatic heterocycles. The zero-order valence-electron chi connectivity index (χ0n) is 7.93. The highest BCUT2D eigenvalue weighted by Crippen LogP contribution is 2.28. The third-order valence-corrected chi connectivity index (χ3v) is 2.20. The van der Waals surface area contributed by atoms with E-state index in [0.29, 0.717) is 29.9 Å². The van der Waals surface area contributed by atoms with Gasteiger partial charge < -0.3 is 9.47 Å². The van der Waals surface area contributed by atoms with Gasteiger partial charge in [0.1, 0.15) is 0 Å². The van der Waals surface area contributed by atoms with Gasteiger partial charge in [0, 0.05) is 5.56 Å². The quantitative estimate of drug-likeness (QED) is 0.688. The Morgan fingerprint density at radius 1 is 1.07 bits per heavy atom. The van der Waals surface area contributed by atoms with Crippen molar-refractivity contribution in [3.8, 4) is 12.1 Å². The van der Waals surface area contributed by atoms with Gasteiger partial charge in [-0.05, 0) is 12.1 Å². The molecule has 0 aliphatic carbocycles. The first-order valence-corrected chi connectivity index (χ1v) is 4.53. The molecule has 0 bridgehead atoms. The van der Waals surface area contributed by atoms with E-state index < -0.39 is 6.29 Å². The summed E-state index contributed by atoms with van der Waals surface area (Å²) >= 11 is 0. The molecular weight excluding hydrogens is 192 g/mol. The Kier molecular flexibility index (Phi) is 2.64. The highest BCUT2D eigenvalue weighted by Gasteiger charge is 2.24. The summed E-state index contributed by atoms with van der Waals surface area (Å²) in [6, 6.07) is 9.06. The van der Waals surface area contributed by atoms with Crippen LogP contribution in [0, 0.1) is 22.7 Å². The van der Waals surface area contributed by atoms with Crippen LogP contribution in [0.15, 0.2) is 18.2 Å². The summed E-state index contributed by atoms with van der Waals surface area (Å²) in [6.45, 7) is 0.991. The highest BCUT2D eigenvalue weighted by atomic mass is 16.7. The topological polar surface area (TPSA) is 66.0 Å².